The molecule has 0 saturated carbocycles. The Bertz CT molecular complexity index is 717. The van der Waals surface area contributed by atoms with Gasteiger partial charge in [-0.2, -0.15) is 0 Å². The highest BCUT2D eigenvalue weighted by Gasteiger charge is 2.47. The van der Waals surface area contributed by atoms with Crippen molar-refractivity contribution in [3.8, 4) is 0 Å². The van der Waals surface area contributed by atoms with Crippen molar-refractivity contribution in [1.29, 1.82) is 0 Å². The predicted octanol–water partition coefficient (Wildman–Crippen LogP) is -1.10. The highest BCUT2D eigenvalue weighted by molar-refractivity contribution is 7.96. The Kier molecular flexibility index (Phi) is 11.3. The van der Waals surface area contributed by atoms with Crippen molar-refractivity contribution in [2.45, 2.75) is 6.92 Å². The van der Waals surface area contributed by atoms with Crippen LogP contribution in [0.2, 0.25) is 0 Å². The van der Waals surface area contributed by atoms with Gasteiger partial charge in [-0.25, -0.2) is 4.79 Å². The SMILES string of the molecule is CCOC(=O)C[P+](c1ccccc1)(c1ccccc1)c1ccccc1.O.O.[Cl-]. The third-order valence-electron chi connectivity index (χ3n) is 4.26. The Balaban J connectivity index is 0.00000243. The van der Waals surface area contributed by atoms with Gasteiger partial charge in [-0.3, -0.25) is 0 Å². The lowest BCUT2D eigenvalue weighted by Crippen LogP contribution is -3.00. The highest BCUT2D eigenvalue weighted by atomic mass is 35.5. The van der Waals surface area contributed by atoms with E-state index in [1.54, 1.807) is 0 Å². The first kappa shape index (κ1) is 25.8. The fraction of sp³-hybridized carbons (Fsp3) is 0.136. The molecular weight excluding hydrogens is 395 g/mol. The minimum Gasteiger partial charge on any atom is -1.00 e. The Labute approximate surface area is 172 Å². The van der Waals surface area contributed by atoms with Crippen LogP contribution >= 0.6 is 7.26 Å². The van der Waals surface area contributed by atoms with Crippen molar-refractivity contribution < 1.29 is 32.9 Å². The van der Waals surface area contributed by atoms with Crippen molar-refractivity contribution in [2.24, 2.45) is 0 Å². The van der Waals surface area contributed by atoms with Crippen LogP contribution in [0, 0.1) is 0 Å². The van der Waals surface area contributed by atoms with Crippen LogP contribution in [0.1, 0.15) is 6.92 Å². The predicted molar refractivity (Wildman–Crippen MR) is 114 cm³/mol. The molecule has 0 bridgehead atoms. The zero-order valence-electron chi connectivity index (χ0n) is 15.7. The van der Waals surface area contributed by atoms with Crippen LogP contribution in [-0.2, 0) is 9.53 Å². The Hall–Kier alpha value is -2.23. The standard InChI is InChI=1S/C22H22O2P.ClH.2H2O/c1-2-24-22(23)18-25(19-12-6-3-7-13-19,20-14-8-4-9-15-20)21-16-10-5-11-17-21;;;/h3-17H,2,18H2,1H3;1H;2*1H2/q+1;;;/p-1. The summed E-state index contributed by atoms with van der Waals surface area (Å²) in [5, 5.41) is 3.58. The zero-order chi connectivity index (χ0) is 17.5. The summed E-state index contributed by atoms with van der Waals surface area (Å²) < 4.78 is 5.35. The van der Waals surface area contributed by atoms with Crippen molar-refractivity contribution >= 4 is 29.1 Å². The molecule has 0 aliphatic carbocycles. The molecule has 0 heterocycles. The molecule has 28 heavy (non-hydrogen) atoms. The number of hydrogen-bond donors (Lipinski definition) is 0. The number of benzene rings is 3. The maximum Gasteiger partial charge on any atom is 0.345 e. The second kappa shape index (κ2) is 12.3. The molecule has 0 aliphatic rings. The fourth-order valence-corrected chi connectivity index (χ4v) is 7.13. The summed E-state index contributed by atoms with van der Waals surface area (Å²) in [7, 11) is -2.11. The van der Waals surface area contributed by atoms with Gasteiger partial charge >= 0.3 is 5.97 Å². The van der Waals surface area contributed by atoms with E-state index in [9.17, 15) is 4.79 Å². The van der Waals surface area contributed by atoms with Crippen LogP contribution in [0.3, 0.4) is 0 Å². The van der Waals surface area contributed by atoms with Gasteiger partial charge in [0.05, 0.1) is 6.61 Å². The van der Waals surface area contributed by atoms with Crippen molar-refractivity contribution in [3.63, 3.8) is 0 Å². The monoisotopic (exact) mass is 420 g/mol. The molecule has 3 rings (SSSR count). The first-order valence-electron chi connectivity index (χ1n) is 8.48. The molecule has 150 valence electrons. The van der Waals surface area contributed by atoms with Gasteiger partial charge < -0.3 is 28.1 Å². The third-order valence-corrected chi connectivity index (χ3v) is 8.53. The molecule has 0 radical (unpaired) electrons. The van der Waals surface area contributed by atoms with Gasteiger partial charge in [0, 0.05) is 0 Å². The minimum atomic E-state index is -2.11. The molecule has 0 fully saturated rings. The number of ether oxygens (including phenoxy) is 1. The van der Waals surface area contributed by atoms with E-state index in [0.717, 1.165) is 0 Å². The lowest BCUT2D eigenvalue weighted by molar-refractivity contribution is -0.139. The van der Waals surface area contributed by atoms with E-state index in [1.165, 1.54) is 15.9 Å². The molecular formula is C22H26ClO4P. The molecule has 0 spiro atoms. The lowest BCUT2D eigenvalue weighted by Gasteiger charge is -2.26. The van der Waals surface area contributed by atoms with E-state index in [0.29, 0.717) is 12.8 Å². The van der Waals surface area contributed by atoms with Gasteiger partial charge in [-0.1, -0.05) is 54.6 Å². The fourth-order valence-electron chi connectivity index (χ4n) is 3.17. The summed E-state index contributed by atoms with van der Waals surface area (Å²) in [6.07, 6.45) is 0.374. The average molecular weight is 421 g/mol. The van der Waals surface area contributed by atoms with Crippen molar-refractivity contribution in [3.05, 3.63) is 91.0 Å². The molecule has 0 aromatic heterocycles. The number of carbonyl (C=O) groups excluding carboxylic acids is 1. The summed E-state index contributed by atoms with van der Waals surface area (Å²) in [5.74, 6) is -0.146. The van der Waals surface area contributed by atoms with E-state index >= 15 is 0 Å². The van der Waals surface area contributed by atoms with Gasteiger partial charge in [-0.15, -0.1) is 0 Å². The second-order valence-electron chi connectivity index (χ2n) is 5.78. The van der Waals surface area contributed by atoms with E-state index < -0.39 is 7.26 Å². The van der Waals surface area contributed by atoms with Crippen molar-refractivity contribution in [1.82, 2.24) is 0 Å². The molecule has 0 aliphatic heterocycles. The average Bonchev–Trinajstić information content (AvgIpc) is 2.68. The largest absolute Gasteiger partial charge is 1.00 e. The van der Waals surface area contributed by atoms with E-state index in [2.05, 4.69) is 36.4 Å². The van der Waals surface area contributed by atoms with Gasteiger partial charge in [-0.05, 0) is 43.3 Å². The number of hydrogen-bond acceptors (Lipinski definition) is 2. The number of halogens is 1. The van der Waals surface area contributed by atoms with Gasteiger partial charge in [0.1, 0.15) is 23.2 Å². The number of carbonyl (C=O) groups is 1. The Morgan fingerprint density at radius 3 is 1.32 bits per heavy atom. The summed E-state index contributed by atoms with van der Waals surface area (Å²) >= 11 is 0. The van der Waals surface area contributed by atoms with Crippen LogP contribution in [-0.4, -0.2) is 29.7 Å². The maximum absolute atomic E-state index is 12.6. The zero-order valence-corrected chi connectivity index (χ0v) is 17.4. The van der Waals surface area contributed by atoms with Crippen LogP contribution in [0.4, 0.5) is 0 Å². The molecule has 4 nitrogen and oxygen atoms in total. The molecule has 6 heteroatoms. The van der Waals surface area contributed by atoms with Crippen LogP contribution in [0.5, 0.6) is 0 Å². The highest BCUT2D eigenvalue weighted by Crippen LogP contribution is 2.55. The summed E-state index contributed by atoms with van der Waals surface area (Å²) in [6.45, 7) is 2.25. The number of esters is 1. The minimum absolute atomic E-state index is 0. The maximum atomic E-state index is 12.6. The quantitative estimate of drug-likeness (QED) is 0.374. The second-order valence-corrected chi connectivity index (χ2v) is 9.26. The first-order valence-corrected chi connectivity index (χ1v) is 10.5. The van der Waals surface area contributed by atoms with Crippen molar-refractivity contribution in [2.75, 3.05) is 12.8 Å². The van der Waals surface area contributed by atoms with Crippen LogP contribution in [0.25, 0.3) is 0 Å². The number of rotatable bonds is 6. The molecule has 0 amide bonds. The van der Waals surface area contributed by atoms with E-state index in [-0.39, 0.29) is 29.3 Å². The van der Waals surface area contributed by atoms with Gasteiger partial charge in [0.2, 0.25) is 0 Å². The normalized spacial score (nSPS) is 9.89. The third kappa shape index (κ3) is 5.40. The molecule has 0 atom stereocenters. The smallest absolute Gasteiger partial charge is 0.345 e. The summed E-state index contributed by atoms with van der Waals surface area (Å²) in [5.41, 5.74) is 0. The molecule has 3 aromatic rings. The van der Waals surface area contributed by atoms with Crippen LogP contribution in [0.15, 0.2) is 91.0 Å². The van der Waals surface area contributed by atoms with Gasteiger partial charge in [0.15, 0.2) is 6.16 Å². The molecule has 3 aromatic carbocycles. The van der Waals surface area contributed by atoms with E-state index in [1.807, 2.05) is 61.5 Å². The summed E-state index contributed by atoms with van der Waals surface area (Å²) in [6, 6.07) is 31.1. The molecule has 0 unspecified atom stereocenters. The van der Waals surface area contributed by atoms with E-state index in [4.69, 9.17) is 4.74 Å². The van der Waals surface area contributed by atoms with Crippen LogP contribution < -0.4 is 28.3 Å². The van der Waals surface area contributed by atoms with Gasteiger partial charge in [0.25, 0.3) is 0 Å². The Morgan fingerprint density at radius 2 is 1.04 bits per heavy atom. The lowest BCUT2D eigenvalue weighted by atomic mass is 10.4. The first-order chi connectivity index (χ1) is 12.3. The Morgan fingerprint density at radius 1 is 0.714 bits per heavy atom. The summed E-state index contributed by atoms with van der Waals surface area (Å²) in [4.78, 5) is 12.6. The molecule has 4 N–H and O–H groups in total. The molecule has 0 saturated heterocycles. The topological polar surface area (TPSA) is 89.3 Å².